The van der Waals surface area contributed by atoms with E-state index in [9.17, 15) is 9.59 Å². The molecule has 1 aromatic heterocycles. The summed E-state index contributed by atoms with van der Waals surface area (Å²) in [5.74, 6) is 1.85. The minimum atomic E-state index is -0.485. The molecule has 3 amide bonds. The van der Waals surface area contributed by atoms with Crippen LogP contribution in [0, 0.1) is 0 Å². The Kier molecular flexibility index (Phi) is 6.57. The Hall–Kier alpha value is -2.85. The number of halogens is 1. The lowest BCUT2D eigenvalue weighted by molar-refractivity contribution is -0.121. The molecule has 3 aromatic rings. The fraction of sp³-hybridized carbons (Fsp3) is 0.238. The van der Waals surface area contributed by atoms with Crippen LogP contribution >= 0.6 is 27.7 Å². The van der Waals surface area contributed by atoms with Gasteiger partial charge < -0.3 is 10.1 Å². The standard InChI is InChI=1S/C21H20BrN5O3S/c1-30-17-8-6-16(7-9-17)27-18(10-15-11-19(28)24-20(29)23-15)25-26-21(27)31-12-13-2-4-14(22)5-3-13/h2-9,15H,10-12H2,1H3,(H2,23,24,28,29). The highest BCUT2D eigenvalue weighted by atomic mass is 79.9. The molecule has 0 saturated carbocycles. The minimum Gasteiger partial charge on any atom is -0.497 e. The molecule has 8 nitrogen and oxygen atoms in total. The van der Waals surface area contributed by atoms with Crippen LogP contribution in [0.4, 0.5) is 4.79 Å². The predicted molar refractivity (Wildman–Crippen MR) is 120 cm³/mol. The van der Waals surface area contributed by atoms with Gasteiger partial charge in [0.1, 0.15) is 11.6 Å². The lowest BCUT2D eigenvalue weighted by Gasteiger charge is -2.23. The summed E-state index contributed by atoms with van der Waals surface area (Å²) in [6.45, 7) is 0. The average molecular weight is 502 g/mol. The Balaban J connectivity index is 1.61. The molecule has 1 saturated heterocycles. The molecule has 1 unspecified atom stereocenters. The van der Waals surface area contributed by atoms with Crippen molar-refractivity contribution < 1.29 is 14.3 Å². The molecule has 160 valence electrons. The van der Waals surface area contributed by atoms with Crippen LogP contribution in [0.5, 0.6) is 5.75 Å². The van der Waals surface area contributed by atoms with Crippen molar-refractivity contribution in [3.05, 3.63) is 64.4 Å². The van der Waals surface area contributed by atoms with Gasteiger partial charge in [-0.2, -0.15) is 0 Å². The highest BCUT2D eigenvalue weighted by Crippen LogP contribution is 2.27. The number of amides is 3. The molecule has 0 bridgehead atoms. The fourth-order valence-electron chi connectivity index (χ4n) is 3.26. The van der Waals surface area contributed by atoms with E-state index in [4.69, 9.17) is 4.74 Å². The first-order valence-corrected chi connectivity index (χ1v) is 11.4. The summed E-state index contributed by atoms with van der Waals surface area (Å²) in [7, 11) is 1.62. The third-order valence-electron chi connectivity index (χ3n) is 4.76. The monoisotopic (exact) mass is 501 g/mol. The lowest BCUT2D eigenvalue weighted by atomic mass is 10.1. The lowest BCUT2D eigenvalue weighted by Crippen LogP contribution is -2.53. The summed E-state index contributed by atoms with van der Waals surface area (Å²) in [6.07, 6.45) is 0.583. The van der Waals surface area contributed by atoms with Crippen molar-refractivity contribution in [3.63, 3.8) is 0 Å². The second kappa shape index (κ2) is 9.52. The van der Waals surface area contributed by atoms with Crippen LogP contribution in [0.2, 0.25) is 0 Å². The van der Waals surface area contributed by atoms with E-state index in [1.807, 2.05) is 41.0 Å². The van der Waals surface area contributed by atoms with Gasteiger partial charge in [0.15, 0.2) is 5.16 Å². The number of imide groups is 1. The maximum Gasteiger partial charge on any atom is 0.321 e. The molecule has 1 aliphatic rings. The SMILES string of the molecule is COc1ccc(-n2c(CC3CC(=O)NC(=O)N3)nnc2SCc2ccc(Br)cc2)cc1. The molecular weight excluding hydrogens is 482 g/mol. The second-order valence-electron chi connectivity index (χ2n) is 6.97. The van der Waals surface area contributed by atoms with Crippen molar-refractivity contribution in [2.45, 2.75) is 29.8 Å². The maximum absolute atomic E-state index is 11.8. The van der Waals surface area contributed by atoms with E-state index in [1.165, 1.54) is 0 Å². The number of hydrogen-bond acceptors (Lipinski definition) is 6. The van der Waals surface area contributed by atoms with Crippen molar-refractivity contribution in [2.75, 3.05) is 7.11 Å². The molecule has 2 aromatic carbocycles. The van der Waals surface area contributed by atoms with E-state index in [1.54, 1.807) is 18.9 Å². The number of benzene rings is 2. The number of nitrogens with one attached hydrogen (secondary N) is 2. The van der Waals surface area contributed by atoms with Crippen LogP contribution in [0.15, 0.2) is 58.2 Å². The number of thioether (sulfide) groups is 1. The number of methoxy groups -OCH3 is 1. The normalized spacial score (nSPS) is 16.0. The number of nitrogens with zero attached hydrogens (tertiary/aromatic N) is 3. The second-order valence-corrected chi connectivity index (χ2v) is 8.83. The third-order valence-corrected chi connectivity index (χ3v) is 6.29. The molecule has 2 N–H and O–H groups in total. The molecule has 0 aliphatic carbocycles. The van der Waals surface area contributed by atoms with Gasteiger partial charge in [0.25, 0.3) is 0 Å². The molecule has 31 heavy (non-hydrogen) atoms. The Labute approximate surface area is 191 Å². The number of hydrogen-bond donors (Lipinski definition) is 2. The molecule has 10 heteroatoms. The summed E-state index contributed by atoms with van der Waals surface area (Å²) >= 11 is 5.02. The van der Waals surface area contributed by atoms with Crippen LogP contribution in [0.3, 0.4) is 0 Å². The van der Waals surface area contributed by atoms with E-state index in [0.29, 0.717) is 12.2 Å². The van der Waals surface area contributed by atoms with Crippen molar-refractivity contribution in [3.8, 4) is 11.4 Å². The minimum absolute atomic E-state index is 0.197. The zero-order valence-electron chi connectivity index (χ0n) is 16.7. The van der Waals surface area contributed by atoms with Gasteiger partial charge in [-0.15, -0.1) is 10.2 Å². The number of carbonyl (C=O) groups excluding carboxylic acids is 2. The molecular formula is C21H20BrN5O3S. The first-order valence-electron chi connectivity index (χ1n) is 9.58. The number of rotatable bonds is 7. The number of aromatic nitrogens is 3. The molecule has 1 atom stereocenters. The summed E-state index contributed by atoms with van der Waals surface area (Å²) in [6, 6.07) is 14.9. The number of carbonyl (C=O) groups is 2. The zero-order chi connectivity index (χ0) is 21.8. The molecule has 0 radical (unpaired) electrons. The van der Waals surface area contributed by atoms with Gasteiger partial charge in [-0.3, -0.25) is 14.7 Å². The Morgan fingerprint density at radius 2 is 1.87 bits per heavy atom. The Morgan fingerprint density at radius 3 is 2.55 bits per heavy atom. The van der Waals surface area contributed by atoms with E-state index >= 15 is 0 Å². The highest BCUT2D eigenvalue weighted by molar-refractivity contribution is 9.10. The van der Waals surface area contributed by atoms with Crippen LogP contribution in [-0.2, 0) is 17.0 Å². The first kappa shape index (κ1) is 21.4. The molecule has 4 rings (SSSR count). The van der Waals surface area contributed by atoms with E-state index in [-0.39, 0.29) is 18.4 Å². The van der Waals surface area contributed by atoms with E-state index in [0.717, 1.165) is 32.4 Å². The zero-order valence-corrected chi connectivity index (χ0v) is 19.1. The summed E-state index contributed by atoms with van der Waals surface area (Å²) in [4.78, 5) is 23.4. The van der Waals surface area contributed by atoms with Gasteiger partial charge in [0.2, 0.25) is 5.91 Å². The van der Waals surface area contributed by atoms with Gasteiger partial charge >= 0.3 is 6.03 Å². The largest absolute Gasteiger partial charge is 0.497 e. The Morgan fingerprint density at radius 1 is 1.13 bits per heavy atom. The summed E-state index contributed by atoms with van der Waals surface area (Å²) in [5.41, 5.74) is 2.04. The predicted octanol–water partition coefficient (Wildman–Crippen LogP) is 3.47. The highest BCUT2D eigenvalue weighted by Gasteiger charge is 2.26. The smallest absolute Gasteiger partial charge is 0.321 e. The molecule has 2 heterocycles. The van der Waals surface area contributed by atoms with Crippen LogP contribution in [0.25, 0.3) is 5.69 Å². The molecule has 1 fully saturated rings. The van der Waals surface area contributed by atoms with Crippen molar-refractivity contribution in [1.29, 1.82) is 0 Å². The number of ether oxygens (including phenoxy) is 1. The maximum atomic E-state index is 11.8. The van der Waals surface area contributed by atoms with Crippen LogP contribution < -0.4 is 15.4 Å². The third kappa shape index (κ3) is 5.26. The average Bonchev–Trinajstić information content (AvgIpc) is 3.15. The van der Waals surface area contributed by atoms with Crippen molar-refractivity contribution in [2.24, 2.45) is 0 Å². The van der Waals surface area contributed by atoms with Gasteiger partial charge in [-0.1, -0.05) is 39.8 Å². The quantitative estimate of drug-likeness (QED) is 0.481. The van der Waals surface area contributed by atoms with E-state index < -0.39 is 6.03 Å². The van der Waals surface area contributed by atoms with Crippen molar-refractivity contribution >= 4 is 39.6 Å². The van der Waals surface area contributed by atoms with Gasteiger partial charge in [0.05, 0.1) is 7.11 Å². The first-order chi connectivity index (χ1) is 15.0. The Bertz CT molecular complexity index is 1070. The fourth-order valence-corrected chi connectivity index (χ4v) is 4.45. The van der Waals surface area contributed by atoms with Crippen molar-refractivity contribution in [1.82, 2.24) is 25.4 Å². The van der Waals surface area contributed by atoms with Gasteiger partial charge in [-0.05, 0) is 42.0 Å². The topological polar surface area (TPSA) is 98.1 Å². The summed E-state index contributed by atoms with van der Waals surface area (Å²) < 4.78 is 8.26. The molecule has 0 spiro atoms. The van der Waals surface area contributed by atoms with Gasteiger partial charge in [-0.25, -0.2) is 4.79 Å². The molecule has 1 aliphatic heterocycles. The van der Waals surface area contributed by atoms with Crippen LogP contribution in [-0.4, -0.2) is 39.9 Å². The summed E-state index contributed by atoms with van der Waals surface area (Å²) in [5, 5.41) is 14.5. The van der Waals surface area contributed by atoms with Crippen LogP contribution in [0.1, 0.15) is 17.8 Å². The van der Waals surface area contributed by atoms with Gasteiger partial charge in [0, 0.05) is 34.8 Å². The van der Waals surface area contributed by atoms with E-state index in [2.05, 4.69) is 48.9 Å². The number of urea groups is 1.